The molecule has 4 N–H and O–H groups in total. The minimum Gasteiger partial charge on any atom is -0.453 e. The molecule has 2 bridgehead atoms. The lowest BCUT2D eigenvalue weighted by Crippen LogP contribution is -2.54. The number of likely N-dealkylation sites (tertiary alicyclic amines) is 1. The van der Waals surface area contributed by atoms with Crippen LogP contribution < -0.4 is 10.6 Å². The van der Waals surface area contributed by atoms with Crippen molar-refractivity contribution in [1.29, 1.82) is 0 Å². The van der Waals surface area contributed by atoms with Crippen LogP contribution in [0.2, 0.25) is 0 Å². The molecule has 0 spiro atoms. The molecule has 1 saturated heterocycles. The standard InChI is InChI=1S/C43H49N7O4/c1-26(53-3)38(49-42(52)54-4)41(51)50-21-7-10-37(50)40-46-25-36(48-40)30-17-13-28(14-18-30)27-11-15-29(16-12-27)35-24-45-39(47-35)32-23-43(20-19-31(32)22-43)33-8-5-6-9-34(33)44-2/h5-6,8-9,11-18,24-26,31-32,37-38,44H,7,10,19-23H2,1-4H3,(H,45,47)(H,46,48)(H,49,52)/t26-,31?,32?,37?,38+,43?/m1/s1. The number of anilines is 1. The number of hydrogen-bond acceptors (Lipinski definition) is 7. The Hall–Kier alpha value is -5.42. The van der Waals surface area contributed by atoms with E-state index in [2.05, 4.69) is 98.4 Å². The molecule has 6 atom stereocenters. The van der Waals surface area contributed by atoms with Gasteiger partial charge in [-0.1, -0.05) is 66.7 Å². The van der Waals surface area contributed by atoms with Crippen LogP contribution in [0.5, 0.6) is 0 Å². The molecule has 2 aromatic heterocycles. The Morgan fingerprint density at radius 2 is 1.48 bits per heavy atom. The minimum absolute atomic E-state index is 0.223. The predicted octanol–water partition coefficient (Wildman–Crippen LogP) is 7.82. The number of amides is 2. The van der Waals surface area contributed by atoms with Gasteiger partial charge in [-0.2, -0.15) is 0 Å². The van der Waals surface area contributed by atoms with Crippen molar-refractivity contribution in [3.05, 3.63) is 102 Å². The smallest absolute Gasteiger partial charge is 0.407 e. The first-order chi connectivity index (χ1) is 26.3. The molecular formula is C43H49N7O4. The molecule has 54 heavy (non-hydrogen) atoms. The van der Waals surface area contributed by atoms with Crippen LogP contribution in [0.4, 0.5) is 10.5 Å². The van der Waals surface area contributed by atoms with Gasteiger partial charge in [0.2, 0.25) is 5.91 Å². The summed E-state index contributed by atoms with van der Waals surface area (Å²) in [7, 11) is 4.81. The second kappa shape index (κ2) is 14.8. The van der Waals surface area contributed by atoms with Gasteiger partial charge in [0.05, 0.1) is 43.0 Å². The number of rotatable bonds is 11. The maximum Gasteiger partial charge on any atom is 0.407 e. The quantitative estimate of drug-likeness (QED) is 0.109. The van der Waals surface area contributed by atoms with Gasteiger partial charge in [-0.25, -0.2) is 14.8 Å². The highest BCUT2D eigenvalue weighted by atomic mass is 16.5. The van der Waals surface area contributed by atoms with E-state index >= 15 is 0 Å². The van der Waals surface area contributed by atoms with Gasteiger partial charge in [0.15, 0.2) is 0 Å². The highest BCUT2D eigenvalue weighted by molar-refractivity contribution is 5.87. The topological polar surface area (TPSA) is 137 Å². The number of benzene rings is 3. The van der Waals surface area contributed by atoms with E-state index in [9.17, 15) is 9.59 Å². The fourth-order valence-electron chi connectivity index (χ4n) is 9.33. The Labute approximate surface area is 316 Å². The van der Waals surface area contributed by atoms with Crippen LogP contribution in [0.15, 0.2) is 85.2 Å². The van der Waals surface area contributed by atoms with Crippen molar-refractivity contribution >= 4 is 17.7 Å². The maximum absolute atomic E-state index is 13.6. The summed E-state index contributed by atoms with van der Waals surface area (Å²) in [6.45, 7) is 2.32. The summed E-state index contributed by atoms with van der Waals surface area (Å²) in [5, 5.41) is 6.07. The van der Waals surface area contributed by atoms with E-state index in [-0.39, 0.29) is 17.4 Å². The van der Waals surface area contributed by atoms with E-state index in [4.69, 9.17) is 14.5 Å². The van der Waals surface area contributed by atoms with Crippen LogP contribution in [0.25, 0.3) is 33.6 Å². The first-order valence-corrected chi connectivity index (χ1v) is 19.1. The number of nitrogens with zero attached hydrogens (tertiary/aromatic N) is 3. The van der Waals surface area contributed by atoms with Gasteiger partial charge in [0.25, 0.3) is 0 Å². The fraction of sp³-hybridized carbons (Fsp3) is 0.395. The van der Waals surface area contributed by atoms with E-state index in [1.807, 2.05) is 19.4 Å². The lowest BCUT2D eigenvalue weighted by atomic mass is 9.74. The van der Waals surface area contributed by atoms with Crippen LogP contribution >= 0.6 is 0 Å². The molecule has 3 fully saturated rings. The number of hydrogen-bond donors (Lipinski definition) is 4. The number of fused-ring (bicyclic) bond motifs is 2. The van der Waals surface area contributed by atoms with E-state index in [1.165, 1.54) is 44.7 Å². The van der Waals surface area contributed by atoms with Gasteiger partial charge >= 0.3 is 6.09 Å². The van der Waals surface area contributed by atoms with Crippen molar-refractivity contribution < 1.29 is 19.1 Å². The molecule has 3 heterocycles. The van der Waals surface area contributed by atoms with Crippen molar-refractivity contribution in [2.45, 2.75) is 75.0 Å². The summed E-state index contributed by atoms with van der Waals surface area (Å²) in [6, 6.07) is 24.8. The van der Waals surface area contributed by atoms with Crippen LogP contribution in [0.3, 0.4) is 0 Å². The zero-order chi connectivity index (χ0) is 37.4. The Balaban J connectivity index is 0.926. The highest BCUT2D eigenvalue weighted by Crippen LogP contribution is 2.62. The van der Waals surface area contributed by atoms with Gasteiger partial charge in [0.1, 0.15) is 17.7 Å². The van der Waals surface area contributed by atoms with E-state index in [0.717, 1.165) is 64.6 Å². The Morgan fingerprint density at radius 3 is 2.13 bits per heavy atom. The summed E-state index contributed by atoms with van der Waals surface area (Å²) in [4.78, 5) is 44.2. The average molecular weight is 728 g/mol. The summed E-state index contributed by atoms with van der Waals surface area (Å²) in [5.41, 5.74) is 9.27. The van der Waals surface area contributed by atoms with Gasteiger partial charge in [0, 0.05) is 32.3 Å². The normalized spacial score (nSPS) is 23.0. The van der Waals surface area contributed by atoms with E-state index in [0.29, 0.717) is 18.4 Å². The first-order valence-electron chi connectivity index (χ1n) is 19.1. The first kappa shape index (κ1) is 35.6. The summed E-state index contributed by atoms with van der Waals surface area (Å²) >= 11 is 0. The summed E-state index contributed by atoms with van der Waals surface area (Å²) in [6.07, 6.45) is 9.09. The third-order valence-electron chi connectivity index (χ3n) is 12.3. The van der Waals surface area contributed by atoms with Gasteiger partial charge in [-0.15, -0.1) is 0 Å². The van der Waals surface area contributed by atoms with Crippen LogP contribution in [-0.2, 0) is 19.7 Å². The number of H-pyrrole nitrogens is 2. The minimum atomic E-state index is -0.872. The van der Waals surface area contributed by atoms with Crippen LogP contribution in [0.1, 0.15) is 74.6 Å². The van der Waals surface area contributed by atoms with E-state index < -0.39 is 18.2 Å². The SMILES string of the molecule is CNc1ccccc1C12CCC(C1)C(c1ncc(-c3ccc(-c4ccc(-c5cnc(C6CCCN6C(=O)[C@@H](NC(=O)OC)[C@@H](C)OC)[nH]5)cc4)cc3)[nH]1)C2. The third kappa shape index (κ3) is 6.55. The van der Waals surface area contributed by atoms with Crippen molar-refractivity contribution in [3.8, 4) is 33.6 Å². The number of nitrogens with one attached hydrogen (secondary N) is 4. The summed E-state index contributed by atoms with van der Waals surface area (Å²) < 4.78 is 10.2. The van der Waals surface area contributed by atoms with Crippen LogP contribution in [0, 0.1) is 5.92 Å². The number of imidazole rings is 2. The molecular weight excluding hydrogens is 679 g/mol. The van der Waals surface area contributed by atoms with Gasteiger partial charge in [-0.3, -0.25) is 4.79 Å². The van der Waals surface area contributed by atoms with Crippen LogP contribution in [-0.4, -0.2) is 76.8 Å². The van der Waals surface area contributed by atoms with Crippen molar-refractivity contribution in [3.63, 3.8) is 0 Å². The zero-order valence-corrected chi connectivity index (χ0v) is 31.4. The third-order valence-corrected chi connectivity index (χ3v) is 12.3. The molecule has 0 radical (unpaired) electrons. The number of carbonyl (C=O) groups is 2. The predicted molar refractivity (Wildman–Crippen MR) is 209 cm³/mol. The second-order valence-electron chi connectivity index (χ2n) is 15.2. The largest absolute Gasteiger partial charge is 0.453 e. The molecule has 2 amide bonds. The number of aromatic nitrogens is 4. The monoisotopic (exact) mass is 727 g/mol. The number of carbonyl (C=O) groups excluding carboxylic acids is 2. The number of aromatic amines is 2. The molecule has 11 heteroatoms. The molecule has 1 aliphatic heterocycles. The molecule has 2 saturated carbocycles. The number of para-hydroxylation sites is 1. The Kier molecular flexibility index (Phi) is 9.74. The van der Waals surface area contributed by atoms with Gasteiger partial charge in [-0.05, 0) is 90.7 Å². The number of methoxy groups -OCH3 is 2. The lowest BCUT2D eigenvalue weighted by molar-refractivity contribution is -0.137. The molecule has 3 aliphatic rings. The lowest BCUT2D eigenvalue weighted by Gasteiger charge is -2.31. The van der Waals surface area contributed by atoms with E-state index in [1.54, 1.807) is 11.8 Å². The molecule has 8 rings (SSSR count). The molecule has 3 aromatic carbocycles. The van der Waals surface area contributed by atoms with Crippen molar-refractivity contribution in [1.82, 2.24) is 30.2 Å². The Bertz CT molecular complexity index is 2110. The fourth-order valence-corrected chi connectivity index (χ4v) is 9.33. The average Bonchev–Trinajstić information content (AvgIpc) is 4.08. The van der Waals surface area contributed by atoms with Crippen molar-refractivity contribution in [2.75, 3.05) is 33.1 Å². The second-order valence-corrected chi connectivity index (χ2v) is 15.2. The highest BCUT2D eigenvalue weighted by Gasteiger charge is 2.53. The zero-order valence-electron chi connectivity index (χ0n) is 31.4. The molecule has 280 valence electrons. The number of alkyl carbamates (subject to hydrolysis) is 1. The molecule has 11 nitrogen and oxygen atoms in total. The molecule has 4 unspecified atom stereocenters. The van der Waals surface area contributed by atoms with Gasteiger partial charge < -0.3 is 35.0 Å². The van der Waals surface area contributed by atoms with Crippen molar-refractivity contribution in [2.24, 2.45) is 5.92 Å². The molecule has 2 aliphatic carbocycles. The maximum atomic E-state index is 13.6. The number of ether oxygens (including phenoxy) is 2. The summed E-state index contributed by atoms with van der Waals surface area (Å²) in [5.74, 6) is 2.73. The Morgan fingerprint density at radius 1 is 0.852 bits per heavy atom. The molecule has 5 aromatic rings.